The Labute approximate surface area is 114 Å². The topological polar surface area (TPSA) is 59.1 Å². The monoisotopic (exact) mass is 258 g/mol. The molecule has 102 valence electrons. The van der Waals surface area contributed by atoms with Crippen molar-refractivity contribution in [3.63, 3.8) is 0 Å². The van der Waals surface area contributed by atoms with Gasteiger partial charge < -0.3 is 10.8 Å². The molecule has 0 aromatic carbocycles. The molecule has 5 rings (SSSR count). The number of nitrogens with zero attached hydrogens (tertiary/aromatic N) is 1. The number of rotatable bonds is 2. The van der Waals surface area contributed by atoms with Crippen molar-refractivity contribution in [1.82, 2.24) is 4.98 Å². The van der Waals surface area contributed by atoms with E-state index in [-0.39, 0.29) is 5.41 Å². The van der Waals surface area contributed by atoms with Crippen LogP contribution in [0.5, 0.6) is 0 Å². The highest BCUT2D eigenvalue weighted by Gasteiger charge is 2.54. The fourth-order valence-electron chi connectivity index (χ4n) is 5.50. The van der Waals surface area contributed by atoms with Crippen LogP contribution in [0, 0.1) is 23.2 Å². The number of aliphatic hydroxyl groups excluding tert-OH is 1. The molecule has 1 aromatic heterocycles. The number of nitrogens with two attached hydrogens (primary N) is 1. The van der Waals surface area contributed by atoms with E-state index in [1.807, 2.05) is 12.1 Å². The van der Waals surface area contributed by atoms with Crippen molar-refractivity contribution < 1.29 is 5.11 Å². The molecule has 1 unspecified atom stereocenters. The van der Waals surface area contributed by atoms with Gasteiger partial charge in [-0.1, -0.05) is 6.07 Å². The van der Waals surface area contributed by atoms with Gasteiger partial charge in [0.25, 0.3) is 0 Å². The number of aliphatic hydroxyl groups is 1. The molecule has 1 aromatic rings. The van der Waals surface area contributed by atoms with Crippen molar-refractivity contribution in [2.45, 2.75) is 44.6 Å². The lowest BCUT2D eigenvalue weighted by Crippen LogP contribution is -2.49. The van der Waals surface area contributed by atoms with Crippen molar-refractivity contribution >= 4 is 5.82 Å². The lowest BCUT2D eigenvalue weighted by Gasteiger charge is -2.58. The molecular formula is C16H22N2O. The molecule has 3 nitrogen and oxygen atoms in total. The molecule has 19 heavy (non-hydrogen) atoms. The van der Waals surface area contributed by atoms with Gasteiger partial charge in [-0.25, -0.2) is 4.98 Å². The van der Waals surface area contributed by atoms with E-state index in [1.54, 1.807) is 6.20 Å². The lowest BCUT2D eigenvalue weighted by atomic mass is 9.47. The van der Waals surface area contributed by atoms with Gasteiger partial charge in [-0.15, -0.1) is 0 Å². The Bertz CT molecular complexity index is 464. The summed E-state index contributed by atoms with van der Waals surface area (Å²) in [7, 11) is 0. The number of hydrogen-bond acceptors (Lipinski definition) is 3. The standard InChI is InChI=1S/C16H22N2O/c17-15-13(2-1-3-18-15)14(19)16-7-10-4-11(8-16)6-12(5-10)9-16/h1-3,10-12,14,19H,4-9H2,(H2,17,18). The van der Waals surface area contributed by atoms with Crippen LogP contribution in [0.3, 0.4) is 0 Å². The third-order valence-electron chi connectivity index (χ3n) is 5.83. The molecule has 1 heterocycles. The summed E-state index contributed by atoms with van der Waals surface area (Å²) < 4.78 is 0. The number of aromatic nitrogens is 1. The van der Waals surface area contributed by atoms with Gasteiger partial charge >= 0.3 is 0 Å². The van der Waals surface area contributed by atoms with Crippen LogP contribution in [0.15, 0.2) is 18.3 Å². The van der Waals surface area contributed by atoms with Crippen LogP contribution in [-0.2, 0) is 0 Å². The maximum atomic E-state index is 10.9. The first kappa shape index (κ1) is 11.7. The minimum Gasteiger partial charge on any atom is -0.388 e. The number of pyridine rings is 1. The summed E-state index contributed by atoms with van der Waals surface area (Å²) in [5.74, 6) is 3.04. The molecule has 4 aliphatic carbocycles. The second-order valence-corrected chi connectivity index (χ2v) is 7.16. The maximum absolute atomic E-state index is 10.9. The van der Waals surface area contributed by atoms with Crippen molar-refractivity contribution in [3.8, 4) is 0 Å². The minimum absolute atomic E-state index is 0.0892. The second kappa shape index (κ2) is 3.95. The van der Waals surface area contributed by atoms with E-state index < -0.39 is 6.10 Å². The van der Waals surface area contributed by atoms with Crippen LogP contribution in [-0.4, -0.2) is 10.1 Å². The zero-order chi connectivity index (χ0) is 13.0. The average molecular weight is 258 g/mol. The molecule has 1 atom stereocenters. The predicted molar refractivity (Wildman–Crippen MR) is 74.2 cm³/mol. The van der Waals surface area contributed by atoms with Crippen molar-refractivity contribution in [1.29, 1.82) is 0 Å². The Hall–Kier alpha value is -1.09. The van der Waals surface area contributed by atoms with Crippen molar-refractivity contribution in [2.75, 3.05) is 5.73 Å². The highest BCUT2D eigenvalue weighted by molar-refractivity contribution is 5.41. The molecule has 0 amide bonds. The van der Waals surface area contributed by atoms with Crippen LogP contribution >= 0.6 is 0 Å². The Morgan fingerprint density at radius 3 is 2.26 bits per heavy atom. The summed E-state index contributed by atoms with van der Waals surface area (Å²) >= 11 is 0. The van der Waals surface area contributed by atoms with E-state index in [0.29, 0.717) is 5.82 Å². The van der Waals surface area contributed by atoms with Crippen LogP contribution in [0.1, 0.15) is 50.2 Å². The van der Waals surface area contributed by atoms with Gasteiger partial charge in [0.2, 0.25) is 0 Å². The van der Waals surface area contributed by atoms with E-state index >= 15 is 0 Å². The van der Waals surface area contributed by atoms with Crippen LogP contribution in [0.4, 0.5) is 5.82 Å². The Morgan fingerprint density at radius 2 is 1.74 bits per heavy atom. The van der Waals surface area contributed by atoms with Crippen LogP contribution < -0.4 is 5.73 Å². The van der Waals surface area contributed by atoms with Crippen LogP contribution in [0.2, 0.25) is 0 Å². The summed E-state index contributed by atoms with van der Waals surface area (Å²) in [4.78, 5) is 4.15. The molecule has 0 spiro atoms. The zero-order valence-corrected chi connectivity index (χ0v) is 11.3. The van der Waals surface area contributed by atoms with Gasteiger partial charge in [0.05, 0.1) is 6.10 Å². The number of hydrogen-bond donors (Lipinski definition) is 2. The molecular weight excluding hydrogens is 236 g/mol. The first-order valence-corrected chi connectivity index (χ1v) is 7.55. The van der Waals surface area contributed by atoms with E-state index in [9.17, 15) is 5.11 Å². The van der Waals surface area contributed by atoms with Gasteiger partial charge in [0.1, 0.15) is 5.82 Å². The van der Waals surface area contributed by atoms with Gasteiger partial charge in [0, 0.05) is 17.2 Å². The van der Waals surface area contributed by atoms with Crippen molar-refractivity contribution in [3.05, 3.63) is 23.9 Å². The lowest BCUT2D eigenvalue weighted by molar-refractivity contribution is -0.122. The minimum atomic E-state index is -0.422. The molecule has 0 radical (unpaired) electrons. The molecule has 0 saturated heterocycles. The summed E-state index contributed by atoms with van der Waals surface area (Å²) in [6, 6.07) is 3.83. The van der Waals surface area contributed by atoms with Gasteiger partial charge in [0.15, 0.2) is 0 Å². The quantitative estimate of drug-likeness (QED) is 0.857. The third kappa shape index (κ3) is 1.71. The molecule has 4 aliphatic rings. The highest BCUT2D eigenvalue weighted by atomic mass is 16.3. The summed E-state index contributed by atoms with van der Waals surface area (Å²) in [6.07, 6.45) is 9.04. The van der Waals surface area contributed by atoms with E-state index in [0.717, 1.165) is 23.3 Å². The fourth-order valence-corrected chi connectivity index (χ4v) is 5.50. The highest BCUT2D eigenvalue weighted by Crippen LogP contribution is 2.64. The molecule has 0 aliphatic heterocycles. The Balaban J connectivity index is 1.70. The molecule has 4 saturated carbocycles. The Morgan fingerprint density at radius 1 is 1.16 bits per heavy atom. The van der Waals surface area contributed by atoms with Crippen LogP contribution in [0.25, 0.3) is 0 Å². The Kier molecular flexibility index (Phi) is 2.44. The second-order valence-electron chi connectivity index (χ2n) is 7.16. The summed E-state index contributed by atoms with van der Waals surface area (Å²) in [5, 5.41) is 10.9. The van der Waals surface area contributed by atoms with Gasteiger partial charge in [-0.2, -0.15) is 0 Å². The number of anilines is 1. The smallest absolute Gasteiger partial charge is 0.129 e. The molecule has 3 heteroatoms. The normalized spacial score (nSPS) is 41.4. The van der Waals surface area contributed by atoms with Gasteiger partial charge in [-0.3, -0.25) is 0 Å². The first-order valence-electron chi connectivity index (χ1n) is 7.55. The van der Waals surface area contributed by atoms with E-state index in [4.69, 9.17) is 5.73 Å². The summed E-state index contributed by atoms with van der Waals surface area (Å²) in [5.41, 5.74) is 6.91. The largest absolute Gasteiger partial charge is 0.388 e. The molecule has 4 fully saturated rings. The number of nitrogen functional groups attached to an aromatic ring is 1. The van der Waals surface area contributed by atoms with E-state index in [2.05, 4.69) is 4.98 Å². The maximum Gasteiger partial charge on any atom is 0.129 e. The van der Waals surface area contributed by atoms with E-state index in [1.165, 1.54) is 38.5 Å². The van der Waals surface area contributed by atoms with Crippen molar-refractivity contribution in [2.24, 2.45) is 23.2 Å². The third-order valence-corrected chi connectivity index (χ3v) is 5.83. The predicted octanol–water partition coefficient (Wildman–Crippen LogP) is 2.91. The van der Waals surface area contributed by atoms with Gasteiger partial charge in [-0.05, 0) is 62.3 Å². The average Bonchev–Trinajstić information content (AvgIpc) is 2.37. The fraction of sp³-hybridized carbons (Fsp3) is 0.688. The first-order chi connectivity index (χ1) is 9.16. The summed E-state index contributed by atoms with van der Waals surface area (Å²) in [6.45, 7) is 0. The molecule has 3 N–H and O–H groups in total. The SMILES string of the molecule is Nc1ncccc1C(O)C12CC3CC(CC(C3)C1)C2. The zero-order valence-electron chi connectivity index (χ0n) is 11.3. The molecule has 4 bridgehead atoms.